The van der Waals surface area contributed by atoms with E-state index in [0.717, 1.165) is 11.3 Å². The monoisotopic (exact) mass is 288 g/mol. The molecule has 0 bridgehead atoms. The Morgan fingerprint density at radius 2 is 1.90 bits per heavy atom. The number of fused-ring (bicyclic) bond motifs is 1. The summed E-state index contributed by atoms with van der Waals surface area (Å²) in [5, 5.41) is 0. The molecule has 0 aliphatic carbocycles. The van der Waals surface area contributed by atoms with Crippen molar-refractivity contribution in [2.24, 2.45) is 0 Å². The molecule has 1 aromatic heterocycles. The van der Waals surface area contributed by atoms with E-state index in [-0.39, 0.29) is 5.82 Å². The van der Waals surface area contributed by atoms with E-state index < -0.39 is 0 Å². The summed E-state index contributed by atoms with van der Waals surface area (Å²) in [5.41, 5.74) is 1.20. The lowest BCUT2D eigenvalue weighted by molar-refractivity contribution is 0.299. The lowest BCUT2D eigenvalue weighted by Gasteiger charge is -2.07. The van der Waals surface area contributed by atoms with Gasteiger partial charge in [0.1, 0.15) is 23.7 Å². The van der Waals surface area contributed by atoms with Crippen molar-refractivity contribution in [2.75, 3.05) is 6.61 Å². The number of aromatic nitrogens is 2. The summed E-state index contributed by atoms with van der Waals surface area (Å²) in [7, 11) is 0. The van der Waals surface area contributed by atoms with Crippen molar-refractivity contribution in [3.63, 3.8) is 0 Å². The van der Waals surface area contributed by atoms with Gasteiger partial charge >= 0.3 is 0 Å². The van der Waals surface area contributed by atoms with Crippen LogP contribution in [0.5, 0.6) is 5.75 Å². The van der Waals surface area contributed by atoms with Crippen molar-refractivity contribution in [2.45, 2.75) is 6.54 Å². The van der Waals surface area contributed by atoms with Gasteiger partial charge in [-0.1, -0.05) is 24.3 Å². The molecule has 2 aromatic carbocycles. The van der Waals surface area contributed by atoms with Gasteiger partial charge in [-0.15, -0.1) is 0 Å². The van der Waals surface area contributed by atoms with Crippen LogP contribution in [0.25, 0.3) is 11.0 Å². The number of ether oxygens (including phenoxy) is 1. The number of nitrogens with one attached hydrogen (secondary N) is 1. The molecule has 0 saturated heterocycles. The molecule has 0 fully saturated rings. The van der Waals surface area contributed by atoms with Gasteiger partial charge < -0.3 is 14.3 Å². The number of hydrogen-bond donors (Lipinski definition) is 1. The highest BCUT2D eigenvalue weighted by Crippen LogP contribution is 2.17. The molecule has 0 unspecified atom stereocenters. The molecule has 1 heterocycles. The number of rotatable bonds is 4. The van der Waals surface area contributed by atoms with Crippen LogP contribution in [0, 0.1) is 10.6 Å². The zero-order valence-electron chi connectivity index (χ0n) is 10.7. The number of imidazole rings is 1. The van der Waals surface area contributed by atoms with Gasteiger partial charge in [0.05, 0.1) is 12.1 Å². The van der Waals surface area contributed by atoms with Crippen LogP contribution in [0.15, 0.2) is 48.5 Å². The van der Waals surface area contributed by atoms with Crippen LogP contribution in [0.3, 0.4) is 0 Å². The third kappa shape index (κ3) is 2.44. The maximum Gasteiger partial charge on any atom is 0.178 e. The van der Waals surface area contributed by atoms with Gasteiger partial charge in [-0.25, -0.2) is 4.39 Å². The Bertz CT molecular complexity index is 779. The van der Waals surface area contributed by atoms with E-state index in [9.17, 15) is 4.39 Å². The first-order chi connectivity index (χ1) is 9.75. The molecule has 1 N–H and O–H groups in total. The molecular formula is C15H13FN2OS. The highest BCUT2D eigenvalue weighted by Gasteiger charge is 2.07. The average molecular weight is 288 g/mol. The molecule has 20 heavy (non-hydrogen) atoms. The first-order valence-electron chi connectivity index (χ1n) is 6.30. The zero-order chi connectivity index (χ0) is 13.9. The average Bonchev–Trinajstić information content (AvgIpc) is 2.78. The van der Waals surface area contributed by atoms with Gasteiger partial charge in [-0.3, -0.25) is 0 Å². The molecule has 0 saturated carbocycles. The number of para-hydroxylation sites is 2. The lowest BCUT2D eigenvalue weighted by atomic mass is 10.3. The molecule has 3 rings (SSSR count). The van der Waals surface area contributed by atoms with Crippen LogP contribution in [-0.4, -0.2) is 16.2 Å². The molecule has 0 radical (unpaired) electrons. The highest BCUT2D eigenvalue weighted by molar-refractivity contribution is 7.71. The molecule has 3 aromatic rings. The highest BCUT2D eigenvalue weighted by atomic mass is 32.1. The summed E-state index contributed by atoms with van der Waals surface area (Å²) in [6, 6.07) is 14.5. The van der Waals surface area contributed by atoms with Crippen molar-refractivity contribution in [3.8, 4) is 5.75 Å². The number of nitrogens with zero attached hydrogens (tertiary/aromatic N) is 1. The van der Waals surface area contributed by atoms with Crippen LogP contribution >= 0.6 is 12.2 Å². The second-order valence-electron chi connectivity index (χ2n) is 4.38. The van der Waals surface area contributed by atoms with Crippen LogP contribution in [0.2, 0.25) is 0 Å². The quantitative estimate of drug-likeness (QED) is 0.738. The van der Waals surface area contributed by atoms with Crippen molar-refractivity contribution in [1.82, 2.24) is 9.55 Å². The lowest BCUT2D eigenvalue weighted by Crippen LogP contribution is -2.08. The van der Waals surface area contributed by atoms with E-state index in [2.05, 4.69) is 4.98 Å². The zero-order valence-corrected chi connectivity index (χ0v) is 11.5. The Labute approximate surface area is 120 Å². The number of benzene rings is 2. The standard InChI is InChI=1S/C15H13FN2OS/c16-12-7-4-8-13-14(12)17-15(20)18(13)9-10-19-11-5-2-1-3-6-11/h1-8H,9-10H2,(H,17,20). The van der Waals surface area contributed by atoms with Crippen LogP contribution in [0.4, 0.5) is 4.39 Å². The number of halogens is 1. The SMILES string of the molecule is Fc1cccc2c1[nH]c(=S)n2CCOc1ccccc1. The van der Waals surface area contributed by atoms with Crippen molar-refractivity contribution in [1.29, 1.82) is 0 Å². The molecule has 102 valence electrons. The van der Waals surface area contributed by atoms with E-state index in [1.54, 1.807) is 6.07 Å². The minimum Gasteiger partial charge on any atom is -0.492 e. The predicted octanol–water partition coefficient (Wildman–Crippen LogP) is 3.92. The Balaban J connectivity index is 1.80. The summed E-state index contributed by atoms with van der Waals surface area (Å²) in [6.45, 7) is 1.04. The number of H-pyrrole nitrogens is 1. The second kappa shape index (κ2) is 5.46. The van der Waals surface area contributed by atoms with Crippen LogP contribution in [-0.2, 0) is 6.54 Å². The topological polar surface area (TPSA) is 29.9 Å². The van der Waals surface area contributed by atoms with Crippen LogP contribution in [0.1, 0.15) is 0 Å². The molecule has 0 aliphatic heterocycles. The van der Waals surface area contributed by atoms with Gasteiger partial charge in [-0.05, 0) is 36.5 Å². The van der Waals surface area contributed by atoms with E-state index in [0.29, 0.717) is 23.4 Å². The fraction of sp³-hybridized carbons (Fsp3) is 0.133. The molecular weight excluding hydrogens is 275 g/mol. The van der Waals surface area contributed by atoms with E-state index in [4.69, 9.17) is 17.0 Å². The molecule has 5 heteroatoms. The van der Waals surface area contributed by atoms with E-state index in [1.165, 1.54) is 6.07 Å². The minimum atomic E-state index is -0.295. The van der Waals surface area contributed by atoms with Gasteiger partial charge in [0, 0.05) is 0 Å². The summed E-state index contributed by atoms with van der Waals surface area (Å²) >= 11 is 5.23. The number of hydrogen-bond acceptors (Lipinski definition) is 2. The van der Waals surface area contributed by atoms with Gasteiger partial charge in [0.2, 0.25) is 0 Å². The molecule has 0 amide bonds. The molecule has 0 spiro atoms. The largest absolute Gasteiger partial charge is 0.492 e. The van der Waals surface area contributed by atoms with Crippen molar-refractivity contribution < 1.29 is 9.13 Å². The Morgan fingerprint density at radius 3 is 2.70 bits per heavy atom. The summed E-state index contributed by atoms with van der Waals surface area (Å²) < 4.78 is 21.6. The summed E-state index contributed by atoms with van der Waals surface area (Å²) in [4.78, 5) is 2.89. The smallest absolute Gasteiger partial charge is 0.178 e. The molecule has 0 atom stereocenters. The summed E-state index contributed by atoms with van der Waals surface area (Å²) in [5.74, 6) is 0.515. The Hall–Kier alpha value is -2.14. The molecule has 3 nitrogen and oxygen atoms in total. The fourth-order valence-corrected chi connectivity index (χ4v) is 2.43. The normalized spacial score (nSPS) is 10.8. The first-order valence-corrected chi connectivity index (χ1v) is 6.71. The summed E-state index contributed by atoms with van der Waals surface area (Å²) in [6.07, 6.45) is 0. The Kier molecular flexibility index (Phi) is 3.52. The minimum absolute atomic E-state index is 0.295. The van der Waals surface area contributed by atoms with Crippen LogP contribution < -0.4 is 4.74 Å². The maximum atomic E-state index is 13.6. The third-order valence-electron chi connectivity index (χ3n) is 3.09. The first kappa shape index (κ1) is 12.9. The predicted molar refractivity (Wildman–Crippen MR) is 79.0 cm³/mol. The van der Waals surface area contributed by atoms with Gasteiger partial charge in [0.25, 0.3) is 0 Å². The fourth-order valence-electron chi connectivity index (χ4n) is 2.14. The Morgan fingerprint density at radius 1 is 1.10 bits per heavy atom. The second-order valence-corrected chi connectivity index (χ2v) is 4.76. The van der Waals surface area contributed by atoms with E-state index >= 15 is 0 Å². The molecule has 0 aliphatic rings. The van der Waals surface area contributed by atoms with Crippen molar-refractivity contribution in [3.05, 3.63) is 59.1 Å². The number of aromatic amines is 1. The van der Waals surface area contributed by atoms with Gasteiger partial charge in [0.15, 0.2) is 4.77 Å². The van der Waals surface area contributed by atoms with E-state index in [1.807, 2.05) is 41.0 Å². The third-order valence-corrected chi connectivity index (χ3v) is 3.41. The van der Waals surface area contributed by atoms with Gasteiger partial charge in [-0.2, -0.15) is 0 Å². The maximum absolute atomic E-state index is 13.6. The van der Waals surface area contributed by atoms with Crippen molar-refractivity contribution >= 4 is 23.3 Å².